The highest BCUT2D eigenvalue weighted by Crippen LogP contribution is 2.08. The van der Waals surface area contributed by atoms with Crippen molar-refractivity contribution in [3.05, 3.63) is 71.3 Å². The van der Waals surface area contributed by atoms with Crippen molar-refractivity contribution in [1.29, 1.82) is 0 Å². The van der Waals surface area contributed by atoms with E-state index in [4.69, 9.17) is 0 Å². The zero-order chi connectivity index (χ0) is 18.6. The molecule has 0 heterocycles. The fraction of sp³-hybridized carbons (Fsp3) is 0.409. The minimum absolute atomic E-state index is 0. The molecule has 0 aliphatic heterocycles. The Morgan fingerprint density at radius 1 is 0.889 bits per heavy atom. The summed E-state index contributed by atoms with van der Waals surface area (Å²) in [5, 5.41) is 6.79. The SMILES string of the molecule is CCN(CC)Cc1cccc(CNC(=NC)NCCc2ccccc2)c1.I. The Morgan fingerprint density at radius 2 is 1.56 bits per heavy atom. The maximum Gasteiger partial charge on any atom is 0.191 e. The molecule has 0 aromatic heterocycles. The van der Waals surface area contributed by atoms with Crippen molar-refractivity contribution in [2.75, 3.05) is 26.7 Å². The van der Waals surface area contributed by atoms with E-state index in [1.54, 1.807) is 0 Å². The number of aliphatic imine (C=N–C) groups is 1. The topological polar surface area (TPSA) is 39.7 Å². The van der Waals surface area contributed by atoms with Gasteiger partial charge in [0.2, 0.25) is 0 Å². The minimum atomic E-state index is 0. The molecule has 0 saturated heterocycles. The van der Waals surface area contributed by atoms with Crippen molar-refractivity contribution in [3.8, 4) is 0 Å². The molecule has 27 heavy (non-hydrogen) atoms. The number of benzene rings is 2. The van der Waals surface area contributed by atoms with Crippen LogP contribution in [0.3, 0.4) is 0 Å². The quantitative estimate of drug-likeness (QED) is 0.323. The lowest BCUT2D eigenvalue weighted by atomic mass is 10.1. The number of rotatable bonds is 9. The molecule has 0 fully saturated rings. The molecule has 5 heteroatoms. The van der Waals surface area contributed by atoms with Gasteiger partial charge in [0, 0.05) is 26.7 Å². The van der Waals surface area contributed by atoms with Crippen molar-refractivity contribution >= 4 is 29.9 Å². The predicted molar refractivity (Wildman–Crippen MR) is 127 cm³/mol. The first-order valence-corrected chi connectivity index (χ1v) is 9.53. The summed E-state index contributed by atoms with van der Waals surface area (Å²) in [7, 11) is 1.81. The van der Waals surface area contributed by atoms with Crippen LogP contribution in [-0.2, 0) is 19.5 Å². The van der Waals surface area contributed by atoms with E-state index in [1.807, 2.05) is 13.1 Å². The largest absolute Gasteiger partial charge is 0.356 e. The average molecular weight is 480 g/mol. The van der Waals surface area contributed by atoms with Crippen molar-refractivity contribution in [3.63, 3.8) is 0 Å². The Hall–Kier alpha value is -1.60. The van der Waals surface area contributed by atoms with Crippen LogP contribution in [0.1, 0.15) is 30.5 Å². The standard InChI is InChI=1S/C22H32N4.HI/c1-4-26(5-2)18-21-13-9-12-20(16-21)17-25-22(23-3)24-15-14-19-10-7-6-8-11-19;/h6-13,16H,4-5,14-15,17-18H2,1-3H3,(H2,23,24,25);1H. The molecule has 2 aromatic rings. The van der Waals surface area contributed by atoms with Crippen LogP contribution >= 0.6 is 24.0 Å². The molecule has 0 aliphatic rings. The van der Waals surface area contributed by atoms with E-state index in [1.165, 1.54) is 16.7 Å². The first-order chi connectivity index (χ1) is 12.7. The van der Waals surface area contributed by atoms with Crippen LogP contribution in [0.4, 0.5) is 0 Å². The highest BCUT2D eigenvalue weighted by Gasteiger charge is 2.03. The van der Waals surface area contributed by atoms with Gasteiger partial charge in [-0.15, -0.1) is 24.0 Å². The van der Waals surface area contributed by atoms with Crippen molar-refractivity contribution in [2.24, 2.45) is 4.99 Å². The third-order valence-electron chi connectivity index (χ3n) is 4.52. The Bertz CT molecular complexity index is 669. The summed E-state index contributed by atoms with van der Waals surface area (Å²) >= 11 is 0. The van der Waals surface area contributed by atoms with Crippen LogP contribution in [0.25, 0.3) is 0 Å². The average Bonchev–Trinajstić information content (AvgIpc) is 2.69. The summed E-state index contributed by atoms with van der Waals surface area (Å²) in [6.07, 6.45) is 0.987. The zero-order valence-corrected chi connectivity index (χ0v) is 19.1. The molecular weight excluding hydrogens is 447 g/mol. The molecule has 2 N–H and O–H groups in total. The summed E-state index contributed by atoms with van der Waals surface area (Å²) in [6, 6.07) is 19.3. The molecule has 0 atom stereocenters. The fourth-order valence-corrected chi connectivity index (χ4v) is 2.92. The number of halogens is 1. The monoisotopic (exact) mass is 480 g/mol. The summed E-state index contributed by atoms with van der Waals surface area (Å²) in [6.45, 7) is 9.22. The van der Waals surface area contributed by atoms with Crippen LogP contribution in [0.2, 0.25) is 0 Å². The van der Waals surface area contributed by atoms with Gasteiger partial charge in [0.15, 0.2) is 5.96 Å². The first-order valence-electron chi connectivity index (χ1n) is 9.53. The smallest absolute Gasteiger partial charge is 0.191 e. The highest BCUT2D eigenvalue weighted by atomic mass is 127. The number of guanidine groups is 1. The molecule has 0 aliphatic carbocycles. The molecular formula is C22H33IN4. The molecule has 4 nitrogen and oxygen atoms in total. The van der Waals surface area contributed by atoms with Gasteiger partial charge in [-0.1, -0.05) is 68.4 Å². The van der Waals surface area contributed by atoms with Crippen LogP contribution in [-0.4, -0.2) is 37.5 Å². The van der Waals surface area contributed by atoms with E-state index < -0.39 is 0 Å². The number of hydrogen-bond donors (Lipinski definition) is 2. The minimum Gasteiger partial charge on any atom is -0.356 e. The van der Waals surface area contributed by atoms with E-state index in [0.717, 1.165) is 45.1 Å². The van der Waals surface area contributed by atoms with Gasteiger partial charge in [-0.25, -0.2) is 0 Å². The van der Waals surface area contributed by atoms with E-state index in [2.05, 4.69) is 82.9 Å². The maximum absolute atomic E-state index is 4.32. The maximum atomic E-state index is 4.32. The number of nitrogens with one attached hydrogen (secondary N) is 2. The van der Waals surface area contributed by atoms with Gasteiger partial charge in [0.25, 0.3) is 0 Å². The van der Waals surface area contributed by atoms with Crippen LogP contribution in [0, 0.1) is 0 Å². The van der Waals surface area contributed by atoms with Gasteiger partial charge >= 0.3 is 0 Å². The predicted octanol–water partition coefficient (Wildman–Crippen LogP) is 4.05. The molecule has 0 radical (unpaired) electrons. The molecule has 0 unspecified atom stereocenters. The molecule has 2 aromatic carbocycles. The van der Waals surface area contributed by atoms with E-state index in [-0.39, 0.29) is 24.0 Å². The van der Waals surface area contributed by atoms with Crippen molar-refractivity contribution in [1.82, 2.24) is 15.5 Å². The second-order valence-corrected chi connectivity index (χ2v) is 6.37. The summed E-state index contributed by atoms with van der Waals surface area (Å²) in [4.78, 5) is 6.75. The summed E-state index contributed by atoms with van der Waals surface area (Å²) < 4.78 is 0. The third kappa shape index (κ3) is 8.75. The summed E-state index contributed by atoms with van der Waals surface area (Å²) in [5.41, 5.74) is 3.97. The van der Waals surface area contributed by atoms with Crippen LogP contribution < -0.4 is 10.6 Å². The summed E-state index contributed by atoms with van der Waals surface area (Å²) in [5.74, 6) is 0.843. The fourth-order valence-electron chi connectivity index (χ4n) is 2.92. The van der Waals surface area contributed by atoms with Gasteiger partial charge in [-0.05, 0) is 36.2 Å². The van der Waals surface area contributed by atoms with Crippen LogP contribution in [0.5, 0.6) is 0 Å². The normalized spacial score (nSPS) is 11.2. The first kappa shape index (κ1) is 23.4. The molecule has 0 spiro atoms. The highest BCUT2D eigenvalue weighted by molar-refractivity contribution is 14.0. The van der Waals surface area contributed by atoms with E-state index >= 15 is 0 Å². The van der Waals surface area contributed by atoms with E-state index in [9.17, 15) is 0 Å². The van der Waals surface area contributed by atoms with Gasteiger partial charge in [0.05, 0.1) is 0 Å². The van der Waals surface area contributed by atoms with Crippen molar-refractivity contribution < 1.29 is 0 Å². The second kappa shape index (κ2) is 13.6. The lowest BCUT2D eigenvalue weighted by Crippen LogP contribution is -2.37. The second-order valence-electron chi connectivity index (χ2n) is 6.37. The van der Waals surface area contributed by atoms with Gasteiger partial charge < -0.3 is 10.6 Å². The number of nitrogens with zero attached hydrogens (tertiary/aromatic N) is 2. The van der Waals surface area contributed by atoms with Gasteiger partial charge in [-0.3, -0.25) is 9.89 Å². The van der Waals surface area contributed by atoms with Crippen molar-refractivity contribution in [2.45, 2.75) is 33.4 Å². The molecule has 0 saturated carbocycles. The van der Waals surface area contributed by atoms with Gasteiger partial charge in [0.1, 0.15) is 0 Å². The van der Waals surface area contributed by atoms with Gasteiger partial charge in [-0.2, -0.15) is 0 Å². The number of hydrogen-bond acceptors (Lipinski definition) is 2. The molecule has 2 rings (SSSR count). The molecule has 148 valence electrons. The van der Waals surface area contributed by atoms with E-state index in [0.29, 0.717) is 0 Å². The lowest BCUT2D eigenvalue weighted by molar-refractivity contribution is 0.296. The molecule has 0 amide bonds. The Labute approximate surface area is 181 Å². The third-order valence-corrected chi connectivity index (χ3v) is 4.52. The Kier molecular flexibility index (Phi) is 11.8. The lowest BCUT2D eigenvalue weighted by Gasteiger charge is -2.18. The Balaban J connectivity index is 0.00000364. The Morgan fingerprint density at radius 3 is 2.22 bits per heavy atom. The van der Waals surface area contributed by atoms with Crippen LogP contribution in [0.15, 0.2) is 59.6 Å². The molecule has 0 bridgehead atoms. The zero-order valence-electron chi connectivity index (χ0n) is 16.7.